The number of aromatic nitrogens is 1. The van der Waals surface area contributed by atoms with E-state index in [0.29, 0.717) is 37.2 Å². The van der Waals surface area contributed by atoms with Crippen LogP contribution >= 0.6 is 0 Å². The molecule has 6 heteroatoms. The van der Waals surface area contributed by atoms with Gasteiger partial charge >= 0.3 is 0 Å². The van der Waals surface area contributed by atoms with E-state index in [9.17, 15) is 14.4 Å². The number of H-pyrrole nitrogens is 1. The van der Waals surface area contributed by atoms with Gasteiger partial charge in [0.2, 0.25) is 5.91 Å². The topological polar surface area (TPSA) is 96.3 Å². The maximum atomic E-state index is 12.6. The number of hydrogen-bond acceptors (Lipinski definition) is 3. The molecule has 1 aromatic heterocycles. The second kappa shape index (κ2) is 5.02. The lowest BCUT2D eigenvalue weighted by atomic mass is 9.94. The maximum absolute atomic E-state index is 12.6. The predicted octanol–water partition coefficient (Wildman–Crippen LogP) is 0.790. The Kier molecular flexibility index (Phi) is 3.31. The third kappa shape index (κ3) is 2.24. The molecule has 2 aliphatic rings. The third-order valence-corrected chi connectivity index (χ3v) is 4.53. The summed E-state index contributed by atoms with van der Waals surface area (Å²) in [6.07, 6.45) is 2.79. The Balaban J connectivity index is 1.86. The highest BCUT2D eigenvalue weighted by Crippen LogP contribution is 2.28. The first-order chi connectivity index (χ1) is 9.99. The number of fused-ring (bicyclic) bond motifs is 1. The average Bonchev–Trinajstić information content (AvgIpc) is 3.04. The number of Topliss-reactive ketones (excluding diaryl/α,β-unsaturated/α-hetero) is 1. The predicted molar refractivity (Wildman–Crippen MR) is 76.0 cm³/mol. The number of hydrogen-bond donors (Lipinski definition) is 2. The fourth-order valence-corrected chi connectivity index (χ4v) is 3.32. The quantitative estimate of drug-likeness (QED) is 0.842. The summed E-state index contributed by atoms with van der Waals surface area (Å²) in [7, 11) is 0. The highest BCUT2D eigenvalue weighted by atomic mass is 16.2. The van der Waals surface area contributed by atoms with E-state index in [4.69, 9.17) is 5.73 Å². The first-order valence-corrected chi connectivity index (χ1v) is 7.32. The largest absolute Gasteiger partial charge is 0.369 e. The molecule has 112 valence electrons. The standard InChI is InChI=1S/C15H19N3O3/c1-8-12-10(3-2-4-11(12)19)17-13(8)15(21)18-6-5-9(7-18)14(16)20/h9,17H,2-7H2,1H3,(H2,16,20). The molecule has 21 heavy (non-hydrogen) atoms. The van der Waals surface area contributed by atoms with Crippen LogP contribution in [0.15, 0.2) is 0 Å². The summed E-state index contributed by atoms with van der Waals surface area (Å²) in [4.78, 5) is 40.6. The van der Waals surface area contributed by atoms with Crippen molar-refractivity contribution in [2.75, 3.05) is 13.1 Å². The highest BCUT2D eigenvalue weighted by Gasteiger charge is 2.33. The SMILES string of the molecule is Cc1c(C(=O)N2CCC(C(N)=O)C2)[nH]c2c1C(=O)CCC2. The Morgan fingerprint density at radius 1 is 1.33 bits per heavy atom. The highest BCUT2D eigenvalue weighted by molar-refractivity contribution is 6.04. The van der Waals surface area contributed by atoms with Crippen molar-refractivity contribution in [2.45, 2.75) is 32.6 Å². The molecule has 1 saturated heterocycles. The number of nitrogens with zero attached hydrogens (tertiary/aromatic N) is 1. The number of likely N-dealkylation sites (tertiary alicyclic amines) is 1. The Morgan fingerprint density at radius 2 is 2.10 bits per heavy atom. The summed E-state index contributed by atoms with van der Waals surface area (Å²) >= 11 is 0. The van der Waals surface area contributed by atoms with E-state index in [-0.39, 0.29) is 23.5 Å². The average molecular weight is 289 g/mol. The number of aryl methyl sites for hydroxylation is 1. The number of ketones is 1. The van der Waals surface area contributed by atoms with Gasteiger partial charge in [0.25, 0.3) is 5.91 Å². The van der Waals surface area contributed by atoms with Gasteiger partial charge in [-0.05, 0) is 31.7 Å². The molecule has 3 rings (SSSR count). The number of carbonyl (C=O) groups is 3. The van der Waals surface area contributed by atoms with Crippen LogP contribution in [-0.4, -0.2) is 40.6 Å². The molecule has 2 amide bonds. The van der Waals surface area contributed by atoms with Crippen molar-refractivity contribution in [3.05, 3.63) is 22.5 Å². The van der Waals surface area contributed by atoms with Crippen molar-refractivity contribution in [3.63, 3.8) is 0 Å². The van der Waals surface area contributed by atoms with Crippen LogP contribution in [0.4, 0.5) is 0 Å². The second-order valence-corrected chi connectivity index (χ2v) is 5.89. The van der Waals surface area contributed by atoms with Gasteiger partial charge in [0.1, 0.15) is 5.69 Å². The van der Waals surface area contributed by atoms with E-state index in [0.717, 1.165) is 24.1 Å². The molecule has 1 aliphatic carbocycles. The van der Waals surface area contributed by atoms with E-state index in [2.05, 4.69) is 4.98 Å². The molecule has 3 N–H and O–H groups in total. The van der Waals surface area contributed by atoms with Gasteiger partial charge in [-0.15, -0.1) is 0 Å². The summed E-state index contributed by atoms with van der Waals surface area (Å²) in [5.74, 6) is -0.651. The molecule has 0 bridgehead atoms. The lowest BCUT2D eigenvalue weighted by molar-refractivity contribution is -0.121. The maximum Gasteiger partial charge on any atom is 0.270 e. The van der Waals surface area contributed by atoms with Gasteiger partial charge in [-0.1, -0.05) is 0 Å². The Labute approximate surface area is 122 Å². The van der Waals surface area contributed by atoms with Gasteiger partial charge in [0.15, 0.2) is 5.78 Å². The van der Waals surface area contributed by atoms with Crippen LogP contribution in [0.25, 0.3) is 0 Å². The van der Waals surface area contributed by atoms with E-state index < -0.39 is 0 Å². The number of nitrogens with two attached hydrogens (primary N) is 1. The zero-order valence-corrected chi connectivity index (χ0v) is 12.1. The first-order valence-electron chi connectivity index (χ1n) is 7.32. The minimum absolute atomic E-state index is 0.112. The van der Waals surface area contributed by atoms with E-state index in [1.807, 2.05) is 6.92 Å². The van der Waals surface area contributed by atoms with Crippen molar-refractivity contribution in [1.82, 2.24) is 9.88 Å². The normalized spacial score (nSPS) is 21.5. The second-order valence-electron chi connectivity index (χ2n) is 5.89. The van der Waals surface area contributed by atoms with Crippen LogP contribution < -0.4 is 5.73 Å². The summed E-state index contributed by atoms with van der Waals surface area (Å²) in [5.41, 5.74) is 8.08. The molecular formula is C15H19N3O3. The monoisotopic (exact) mass is 289 g/mol. The molecule has 1 atom stereocenters. The number of amides is 2. The van der Waals surface area contributed by atoms with Crippen molar-refractivity contribution < 1.29 is 14.4 Å². The molecule has 0 aromatic carbocycles. The van der Waals surface area contributed by atoms with Gasteiger partial charge in [-0.2, -0.15) is 0 Å². The number of aromatic amines is 1. The third-order valence-electron chi connectivity index (χ3n) is 4.53. The molecule has 0 radical (unpaired) electrons. The van der Waals surface area contributed by atoms with Gasteiger partial charge in [-0.3, -0.25) is 14.4 Å². The molecule has 1 aromatic rings. The summed E-state index contributed by atoms with van der Waals surface area (Å²) in [6, 6.07) is 0. The zero-order valence-electron chi connectivity index (χ0n) is 12.1. The van der Waals surface area contributed by atoms with Crippen LogP contribution in [0.2, 0.25) is 0 Å². The number of carbonyl (C=O) groups excluding carboxylic acids is 3. The van der Waals surface area contributed by atoms with Gasteiger partial charge in [0, 0.05) is 30.8 Å². The number of nitrogens with one attached hydrogen (secondary N) is 1. The summed E-state index contributed by atoms with van der Waals surface area (Å²) < 4.78 is 0. The molecule has 1 fully saturated rings. The molecule has 2 heterocycles. The van der Waals surface area contributed by atoms with Crippen LogP contribution in [-0.2, 0) is 11.2 Å². The number of rotatable bonds is 2. The summed E-state index contributed by atoms with van der Waals surface area (Å²) in [6.45, 7) is 2.71. The van der Waals surface area contributed by atoms with E-state index in [1.54, 1.807) is 4.90 Å². The number of primary amides is 1. The van der Waals surface area contributed by atoms with E-state index >= 15 is 0 Å². The van der Waals surface area contributed by atoms with Gasteiger partial charge in [0.05, 0.1) is 5.92 Å². The fraction of sp³-hybridized carbons (Fsp3) is 0.533. The van der Waals surface area contributed by atoms with Gasteiger partial charge < -0.3 is 15.6 Å². The smallest absolute Gasteiger partial charge is 0.270 e. The minimum Gasteiger partial charge on any atom is -0.369 e. The molecule has 1 unspecified atom stereocenters. The first kappa shape index (κ1) is 13.9. The molecule has 0 saturated carbocycles. The Morgan fingerprint density at radius 3 is 2.71 bits per heavy atom. The molecule has 6 nitrogen and oxygen atoms in total. The fourth-order valence-electron chi connectivity index (χ4n) is 3.32. The molecule has 0 spiro atoms. The van der Waals surface area contributed by atoms with Crippen molar-refractivity contribution in [1.29, 1.82) is 0 Å². The molecule has 1 aliphatic heterocycles. The summed E-state index contributed by atoms with van der Waals surface area (Å²) in [5, 5.41) is 0. The van der Waals surface area contributed by atoms with Crippen LogP contribution in [0.5, 0.6) is 0 Å². The van der Waals surface area contributed by atoms with Crippen LogP contribution in [0.3, 0.4) is 0 Å². The van der Waals surface area contributed by atoms with Crippen molar-refractivity contribution in [2.24, 2.45) is 11.7 Å². The van der Waals surface area contributed by atoms with Crippen LogP contribution in [0.1, 0.15) is 51.4 Å². The zero-order chi connectivity index (χ0) is 15.1. The minimum atomic E-state index is -0.358. The van der Waals surface area contributed by atoms with Crippen LogP contribution in [0, 0.1) is 12.8 Å². The van der Waals surface area contributed by atoms with E-state index in [1.165, 1.54) is 0 Å². The lowest BCUT2D eigenvalue weighted by Gasteiger charge is -2.15. The Hall–Kier alpha value is -2.11. The molecular weight excluding hydrogens is 270 g/mol. The van der Waals surface area contributed by atoms with Gasteiger partial charge in [-0.25, -0.2) is 0 Å². The lowest BCUT2D eigenvalue weighted by Crippen LogP contribution is -2.32. The van der Waals surface area contributed by atoms with Crippen molar-refractivity contribution >= 4 is 17.6 Å². The van der Waals surface area contributed by atoms with Crippen molar-refractivity contribution in [3.8, 4) is 0 Å². The Bertz CT molecular complexity index is 632.